The van der Waals surface area contributed by atoms with E-state index in [1.807, 2.05) is 0 Å². The first-order chi connectivity index (χ1) is 8.77. The molecule has 0 saturated heterocycles. The van der Waals surface area contributed by atoms with Crippen molar-refractivity contribution in [3.63, 3.8) is 0 Å². The fraction of sp³-hybridized carbons (Fsp3) is 0.538. The quantitative estimate of drug-likeness (QED) is 0.545. The van der Waals surface area contributed by atoms with E-state index in [0.29, 0.717) is 11.4 Å². The molecule has 0 aliphatic carbocycles. The Labute approximate surface area is 107 Å². The molecular weight excluding hydrogens is 232 g/mol. The van der Waals surface area contributed by atoms with Gasteiger partial charge < -0.3 is 15.2 Å². The van der Waals surface area contributed by atoms with Gasteiger partial charge in [-0.2, -0.15) is 0 Å². The van der Waals surface area contributed by atoms with E-state index in [-0.39, 0.29) is 12.6 Å². The highest BCUT2D eigenvalue weighted by atomic mass is 16.5. The zero-order chi connectivity index (χ0) is 13.2. The minimum Gasteiger partial charge on any atom is -0.465 e. The number of hydrogen-bond acceptors (Lipinski definition) is 5. The van der Waals surface area contributed by atoms with Crippen molar-refractivity contribution in [1.29, 1.82) is 0 Å². The molecule has 0 amide bonds. The molecule has 1 rings (SSSR count). The second-order valence-electron chi connectivity index (χ2n) is 3.99. The Bertz CT molecular complexity index is 369. The van der Waals surface area contributed by atoms with Gasteiger partial charge in [0.2, 0.25) is 0 Å². The number of aromatic nitrogens is 1. The summed E-state index contributed by atoms with van der Waals surface area (Å²) in [5.41, 5.74) is 0.496. The Hall–Kier alpha value is -1.62. The van der Waals surface area contributed by atoms with Crippen molar-refractivity contribution in [2.45, 2.75) is 25.7 Å². The monoisotopic (exact) mass is 252 g/mol. The van der Waals surface area contributed by atoms with Crippen LogP contribution in [0.1, 0.15) is 36.0 Å². The summed E-state index contributed by atoms with van der Waals surface area (Å²) in [5.74, 6) is 0.323. The highest BCUT2D eigenvalue weighted by Crippen LogP contribution is 2.08. The van der Waals surface area contributed by atoms with Gasteiger partial charge in [0.05, 0.1) is 12.7 Å². The van der Waals surface area contributed by atoms with Crippen LogP contribution in [0.25, 0.3) is 0 Å². The first-order valence-corrected chi connectivity index (χ1v) is 6.17. The summed E-state index contributed by atoms with van der Waals surface area (Å²) >= 11 is 0. The molecule has 18 heavy (non-hydrogen) atoms. The number of hydrogen-bond donors (Lipinski definition) is 2. The Balaban J connectivity index is 2.32. The van der Waals surface area contributed by atoms with Crippen LogP contribution >= 0.6 is 0 Å². The molecule has 2 N–H and O–H groups in total. The maximum atomic E-state index is 11.3. The van der Waals surface area contributed by atoms with Crippen LogP contribution < -0.4 is 5.32 Å². The number of nitrogens with one attached hydrogen (secondary N) is 1. The Morgan fingerprint density at radius 3 is 2.89 bits per heavy atom. The number of nitrogens with zero attached hydrogens (tertiary/aromatic N) is 1. The zero-order valence-electron chi connectivity index (χ0n) is 10.7. The van der Waals surface area contributed by atoms with E-state index in [0.717, 1.165) is 32.2 Å². The third-order valence-electron chi connectivity index (χ3n) is 2.57. The molecule has 0 bridgehead atoms. The van der Waals surface area contributed by atoms with Crippen LogP contribution in [0.2, 0.25) is 0 Å². The predicted molar refractivity (Wildman–Crippen MR) is 69.6 cm³/mol. The summed E-state index contributed by atoms with van der Waals surface area (Å²) in [6, 6.07) is 3.30. The molecular formula is C13H20N2O3. The van der Waals surface area contributed by atoms with E-state index in [1.165, 1.54) is 7.11 Å². The minimum atomic E-state index is -0.358. The number of ether oxygens (including phenoxy) is 1. The van der Waals surface area contributed by atoms with Crippen molar-refractivity contribution < 1.29 is 14.6 Å². The number of rotatable bonds is 8. The SMILES string of the molecule is COC(=O)c1ccnc(NCCCCCCO)c1. The van der Waals surface area contributed by atoms with E-state index < -0.39 is 0 Å². The van der Waals surface area contributed by atoms with Crippen LogP contribution in [0.4, 0.5) is 5.82 Å². The van der Waals surface area contributed by atoms with Gasteiger partial charge >= 0.3 is 5.97 Å². The highest BCUT2D eigenvalue weighted by molar-refractivity contribution is 5.89. The second kappa shape index (κ2) is 8.47. The molecule has 0 fully saturated rings. The Morgan fingerprint density at radius 1 is 1.39 bits per heavy atom. The van der Waals surface area contributed by atoms with Crippen molar-refractivity contribution in [2.75, 3.05) is 25.6 Å². The summed E-state index contributed by atoms with van der Waals surface area (Å²) in [7, 11) is 1.36. The molecule has 1 aromatic heterocycles. The fourth-order valence-electron chi connectivity index (χ4n) is 1.58. The molecule has 0 radical (unpaired) electrons. The first-order valence-electron chi connectivity index (χ1n) is 6.17. The van der Waals surface area contributed by atoms with Crippen molar-refractivity contribution in [2.24, 2.45) is 0 Å². The predicted octanol–water partition coefficient (Wildman–Crippen LogP) is 1.83. The first kappa shape index (κ1) is 14.4. The number of unbranched alkanes of at least 4 members (excludes halogenated alkanes) is 3. The molecule has 0 aromatic carbocycles. The largest absolute Gasteiger partial charge is 0.465 e. The fourth-order valence-corrected chi connectivity index (χ4v) is 1.58. The number of anilines is 1. The van der Waals surface area contributed by atoms with Crippen molar-refractivity contribution in [1.82, 2.24) is 4.98 Å². The smallest absolute Gasteiger partial charge is 0.338 e. The topological polar surface area (TPSA) is 71.5 Å². The molecule has 0 saturated carbocycles. The average molecular weight is 252 g/mol. The van der Waals surface area contributed by atoms with Gasteiger partial charge in [-0.1, -0.05) is 12.8 Å². The van der Waals surface area contributed by atoms with Crippen LogP contribution in [-0.2, 0) is 4.74 Å². The van der Waals surface area contributed by atoms with Crippen LogP contribution in [0, 0.1) is 0 Å². The van der Waals surface area contributed by atoms with Crippen molar-refractivity contribution >= 4 is 11.8 Å². The Kier molecular flexibility index (Phi) is 6.79. The second-order valence-corrected chi connectivity index (χ2v) is 3.99. The van der Waals surface area contributed by atoms with Gasteiger partial charge in [-0.05, 0) is 25.0 Å². The molecule has 0 spiro atoms. The minimum absolute atomic E-state index is 0.260. The number of aliphatic hydroxyl groups is 1. The van der Waals surface area contributed by atoms with Gasteiger partial charge in [-0.15, -0.1) is 0 Å². The molecule has 0 aliphatic heterocycles. The van der Waals surface area contributed by atoms with Crippen LogP contribution in [0.3, 0.4) is 0 Å². The van der Waals surface area contributed by atoms with E-state index in [1.54, 1.807) is 18.3 Å². The lowest BCUT2D eigenvalue weighted by atomic mass is 10.2. The summed E-state index contributed by atoms with van der Waals surface area (Å²) in [6.07, 6.45) is 5.57. The maximum Gasteiger partial charge on any atom is 0.338 e. The van der Waals surface area contributed by atoms with Gasteiger partial charge in [-0.3, -0.25) is 0 Å². The zero-order valence-corrected chi connectivity index (χ0v) is 10.7. The van der Waals surface area contributed by atoms with Gasteiger partial charge in [0.25, 0.3) is 0 Å². The number of carbonyl (C=O) groups is 1. The van der Waals surface area contributed by atoms with E-state index in [9.17, 15) is 4.79 Å². The molecule has 1 aromatic rings. The lowest BCUT2D eigenvalue weighted by Crippen LogP contribution is -2.06. The summed E-state index contributed by atoms with van der Waals surface area (Å²) < 4.78 is 4.64. The normalized spacial score (nSPS) is 10.1. The summed E-state index contributed by atoms with van der Waals surface area (Å²) in [5, 5.41) is 11.8. The van der Waals surface area contributed by atoms with Crippen molar-refractivity contribution in [3.05, 3.63) is 23.9 Å². The third kappa shape index (κ3) is 5.14. The van der Waals surface area contributed by atoms with Gasteiger partial charge in [0.1, 0.15) is 5.82 Å². The molecule has 0 atom stereocenters. The standard InChI is InChI=1S/C13H20N2O3/c1-18-13(17)11-6-8-15-12(10-11)14-7-4-2-3-5-9-16/h6,8,10,16H,2-5,7,9H2,1H3,(H,14,15). The lowest BCUT2D eigenvalue weighted by molar-refractivity contribution is 0.0600. The number of methoxy groups -OCH3 is 1. The average Bonchev–Trinajstić information content (AvgIpc) is 2.42. The highest BCUT2D eigenvalue weighted by Gasteiger charge is 2.05. The lowest BCUT2D eigenvalue weighted by Gasteiger charge is -2.06. The van der Waals surface area contributed by atoms with Gasteiger partial charge in [0, 0.05) is 19.3 Å². The number of esters is 1. The Morgan fingerprint density at radius 2 is 2.17 bits per heavy atom. The summed E-state index contributed by atoms with van der Waals surface area (Å²) in [4.78, 5) is 15.4. The van der Waals surface area contributed by atoms with Crippen molar-refractivity contribution in [3.8, 4) is 0 Å². The van der Waals surface area contributed by atoms with E-state index in [2.05, 4.69) is 15.0 Å². The molecule has 5 heteroatoms. The van der Waals surface area contributed by atoms with E-state index >= 15 is 0 Å². The summed E-state index contributed by atoms with van der Waals surface area (Å²) in [6.45, 7) is 1.07. The van der Waals surface area contributed by atoms with Gasteiger partial charge in [-0.25, -0.2) is 9.78 Å². The van der Waals surface area contributed by atoms with Crippen LogP contribution in [-0.4, -0.2) is 36.3 Å². The molecule has 5 nitrogen and oxygen atoms in total. The van der Waals surface area contributed by atoms with Crippen LogP contribution in [0.15, 0.2) is 18.3 Å². The molecule has 1 heterocycles. The molecule has 100 valence electrons. The van der Waals surface area contributed by atoms with E-state index in [4.69, 9.17) is 5.11 Å². The maximum absolute atomic E-state index is 11.3. The third-order valence-corrected chi connectivity index (χ3v) is 2.57. The number of pyridine rings is 1. The number of aliphatic hydroxyl groups excluding tert-OH is 1. The molecule has 0 unspecified atom stereocenters. The number of carbonyl (C=O) groups excluding carboxylic acids is 1. The van der Waals surface area contributed by atoms with Gasteiger partial charge in [0.15, 0.2) is 0 Å². The molecule has 0 aliphatic rings. The van der Waals surface area contributed by atoms with Crippen LogP contribution in [0.5, 0.6) is 0 Å².